The number of pyridine rings is 1. The van der Waals surface area contributed by atoms with Gasteiger partial charge in [-0.3, -0.25) is 14.6 Å². The molecule has 0 unspecified atom stereocenters. The smallest absolute Gasteiger partial charge is 0.274 e. The SMILES string of the molecule is COc1cccc(CCNC(=O)c2ccnc(C(=O)Nc3cccc(F)c3)c2)c1. The van der Waals surface area contributed by atoms with Gasteiger partial charge in [-0.15, -0.1) is 0 Å². The van der Waals surface area contributed by atoms with Gasteiger partial charge in [0, 0.05) is 24.0 Å². The van der Waals surface area contributed by atoms with E-state index in [0.29, 0.717) is 24.2 Å². The second kappa shape index (κ2) is 9.45. The summed E-state index contributed by atoms with van der Waals surface area (Å²) in [4.78, 5) is 28.7. The van der Waals surface area contributed by atoms with Crippen molar-refractivity contribution in [2.45, 2.75) is 6.42 Å². The first-order chi connectivity index (χ1) is 14.0. The number of methoxy groups -OCH3 is 1. The molecule has 0 aliphatic heterocycles. The monoisotopic (exact) mass is 393 g/mol. The Balaban J connectivity index is 1.59. The second-order valence-corrected chi connectivity index (χ2v) is 6.25. The number of ether oxygens (including phenoxy) is 1. The minimum Gasteiger partial charge on any atom is -0.497 e. The Labute approximate surface area is 167 Å². The first-order valence-corrected chi connectivity index (χ1v) is 8.99. The van der Waals surface area contributed by atoms with Crippen LogP contribution in [-0.2, 0) is 6.42 Å². The molecule has 0 fully saturated rings. The van der Waals surface area contributed by atoms with Gasteiger partial charge >= 0.3 is 0 Å². The van der Waals surface area contributed by atoms with Gasteiger partial charge in [-0.2, -0.15) is 0 Å². The zero-order valence-electron chi connectivity index (χ0n) is 15.8. The highest BCUT2D eigenvalue weighted by atomic mass is 19.1. The highest BCUT2D eigenvalue weighted by molar-refractivity contribution is 6.04. The van der Waals surface area contributed by atoms with E-state index in [1.54, 1.807) is 13.2 Å². The molecule has 148 valence electrons. The lowest BCUT2D eigenvalue weighted by atomic mass is 10.1. The van der Waals surface area contributed by atoms with Crippen LogP contribution in [0, 0.1) is 5.82 Å². The highest BCUT2D eigenvalue weighted by Crippen LogP contribution is 2.13. The van der Waals surface area contributed by atoms with E-state index in [-0.39, 0.29) is 11.6 Å². The van der Waals surface area contributed by atoms with Crippen molar-refractivity contribution in [1.82, 2.24) is 10.3 Å². The van der Waals surface area contributed by atoms with Crippen molar-refractivity contribution in [2.75, 3.05) is 19.0 Å². The normalized spacial score (nSPS) is 10.3. The fourth-order valence-electron chi connectivity index (χ4n) is 2.71. The third kappa shape index (κ3) is 5.62. The molecule has 3 rings (SSSR count). The summed E-state index contributed by atoms with van der Waals surface area (Å²) in [6.45, 7) is 0.430. The topological polar surface area (TPSA) is 80.3 Å². The number of hydrogen-bond donors (Lipinski definition) is 2. The van der Waals surface area contributed by atoms with Gasteiger partial charge in [-0.1, -0.05) is 18.2 Å². The fourth-order valence-corrected chi connectivity index (χ4v) is 2.71. The van der Waals surface area contributed by atoms with E-state index < -0.39 is 11.7 Å². The number of nitrogens with zero attached hydrogens (tertiary/aromatic N) is 1. The Kier molecular flexibility index (Phi) is 6.52. The molecule has 7 heteroatoms. The molecule has 6 nitrogen and oxygen atoms in total. The summed E-state index contributed by atoms with van der Waals surface area (Å²) in [5, 5.41) is 5.38. The van der Waals surface area contributed by atoms with Crippen LogP contribution in [0.5, 0.6) is 5.75 Å². The summed E-state index contributed by atoms with van der Waals surface area (Å²) in [6, 6.07) is 16.1. The average Bonchev–Trinajstić information content (AvgIpc) is 2.74. The van der Waals surface area contributed by atoms with Crippen LogP contribution < -0.4 is 15.4 Å². The lowest BCUT2D eigenvalue weighted by Crippen LogP contribution is -2.26. The van der Waals surface area contributed by atoms with E-state index in [4.69, 9.17) is 4.74 Å². The summed E-state index contributed by atoms with van der Waals surface area (Å²) in [5.74, 6) is -0.534. The largest absolute Gasteiger partial charge is 0.497 e. The molecule has 3 aromatic rings. The minimum atomic E-state index is -0.526. The Morgan fingerprint density at radius 3 is 2.66 bits per heavy atom. The van der Waals surface area contributed by atoms with Crippen LogP contribution in [0.25, 0.3) is 0 Å². The summed E-state index contributed by atoms with van der Waals surface area (Å²) in [5.41, 5.74) is 1.73. The maximum atomic E-state index is 13.2. The van der Waals surface area contributed by atoms with Crippen molar-refractivity contribution in [2.24, 2.45) is 0 Å². The third-order valence-corrected chi connectivity index (χ3v) is 4.17. The van der Waals surface area contributed by atoms with E-state index in [1.807, 2.05) is 24.3 Å². The number of amides is 2. The Morgan fingerprint density at radius 2 is 1.86 bits per heavy atom. The molecule has 1 aromatic heterocycles. The van der Waals surface area contributed by atoms with Crippen molar-refractivity contribution in [3.8, 4) is 5.75 Å². The van der Waals surface area contributed by atoms with Gasteiger partial charge in [0.05, 0.1) is 7.11 Å². The molecule has 0 atom stereocenters. The number of carbonyl (C=O) groups excluding carboxylic acids is 2. The molecule has 0 spiro atoms. The summed E-state index contributed by atoms with van der Waals surface area (Å²) < 4.78 is 18.4. The number of nitrogens with one attached hydrogen (secondary N) is 2. The third-order valence-electron chi connectivity index (χ3n) is 4.17. The molecule has 2 aromatic carbocycles. The molecular formula is C22H20FN3O3. The Morgan fingerprint density at radius 1 is 1.03 bits per heavy atom. The number of aromatic nitrogens is 1. The van der Waals surface area contributed by atoms with Crippen LogP contribution in [0.3, 0.4) is 0 Å². The molecule has 0 radical (unpaired) electrons. The van der Waals surface area contributed by atoms with Crippen molar-refractivity contribution in [3.05, 3.63) is 89.5 Å². The number of rotatable bonds is 7. The van der Waals surface area contributed by atoms with Gasteiger partial charge in [0.1, 0.15) is 17.3 Å². The Bertz CT molecular complexity index is 1020. The zero-order chi connectivity index (χ0) is 20.6. The van der Waals surface area contributed by atoms with Crippen LogP contribution in [0.1, 0.15) is 26.4 Å². The molecule has 1 heterocycles. The molecule has 0 aliphatic rings. The number of carbonyl (C=O) groups is 2. The first-order valence-electron chi connectivity index (χ1n) is 8.99. The predicted molar refractivity (Wildman–Crippen MR) is 108 cm³/mol. The second-order valence-electron chi connectivity index (χ2n) is 6.25. The number of benzene rings is 2. The van der Waals surface area contributed by atoms with Gasteiger partial charge < -0.3 is 15.4 Å². The summed E-state index contributed by atoms with van der Waals surface area (Å²) in [7, 11) is 1.60. The minimum absolute atomic E-state index is 0.0645. The van der Waals surface area contributed by atoms with Gasteiger partial charge in [0.15, 0.2) is 0 Å². The van der Waals surface area contributed by atoms with Crippen molar-refractivity contribution in [1.29, 1.82) is 0 Å². The van der Waals surface area contributed by atoms with Crippen molar-refractivity contribution in [3.63, 3.8) is 0 Å². The quantitative estimate of drug-likeness (QED) is 0.644. The van der Waals surface area contributed by atoms with Crippen LogP contribution in [0.2, 0.25) is 0 Å². The Hall–Kier alpha value is -3.74. The van der Waals surface area contributed by atoms with Crippen molar-refractivity contribution < 1.29 is 18.7 Å². The average molecular weight is 393 g/mol. The lowest BCUT2D eigenvalue weighted by molar-refractivity contribution is 0.0954. The van der Waals surface area contributed by atoms with Gasteiger partial charge in [0.2, 0.25) is 0 Å². The van der Waals surface area contributed by atoms with Gasteiger partial charge in [-0.25, -0.2) is 4.39 Å². The zero-order valence-corrected chi connectivity index (χ0v) is 15.8. The number of anilines is 1. The van der Waals surface area contributed by atoms with E-state index in [0.717, 1.165) is 11.3 Å². The fraction of sp³-hybridized carbons (Fsp3) is 0.136. The highest BCUT2D eigenvalue weighted by Gasteiger charge is 2.12. The standard InChI is InChI=1S/C22H20FN3O3/c1-29-19-7-2-4-15(12-19)8-10-25-21(27)16-9-11-24-20(13-16)22(28)26-18-6-3-5-17(23)14-18/h2-7,9,11-14H,8,10H2,1H3,(H,25,27)(H,26,28). The molecule has 0 saturated carbocycles. The molecule has 2 N–H and O–H groups in total. The summed E-state index contributed by atoms with van der Waals surface area (Å²) in [6.07, 6.45) is 2.03. The lowest BCUT2D eigenvalue weighted by Gasteiger charge is -2.08. The molecule has 2 amide bonds. The molecule has 0 saturated heterocycles. The predicted octanol–water partition coefficient (Wildman–Crippen LogP) is 3.45. The maximum absolute atomic E-state index is 13.2. The van der Waals surface area contributed by atoms with Gasteiger partial charge in [-0.05, 0) is 54.4 Å². The van der Waals surface area contributed by atoms with Crippen LogP contribution in [0.4, 0.5) is 10.1 Å². The molecule has 0 aliphatic carbocycles. The molecular weight excluding hydrogens is 373 g/mol. The van der Waals surface area contributed by atoms with E-state index in [9.17, 15) is 14.0 Å². The van der Waals surface area contributed by atoms with Crippen LogP contribution in [-0.4, -0.2) is 30.5 Å². The molecule has 29 heavy (non-hydrogen) atoms. The van der Waals surface area contributed by atoms with Crippen LogP contribution >= 0.6 is 0 Å². The number of hydrogen-bond acceptors (Lipinski definition) is 4. The maximum Gasteiger partial charge on any atom is 0.274 e. The van der Waals surface area contributed by atoms with E-state index in [1.165, 1.54) is 36.5 Å². The first kappa shape index (κ1) is 20.0. The van der Waals surface area contributed by atoms with Crippen LogP contribution in [0.15, 0.2) is 66.9 Å². The van der Waals surface area contributed by atoms with E-state index >= 15 is 0 Å². The van der Waals surface area contributed by atoms with E-state index in [2.05, 4.69) is 15.6 Å². The van der Waals surface area contributed by atoms with Gasteiger partial charge in [0.25, 0.3) is 11.8 Å². The summed E-state index contributed by atoms with van der Waals surface area (Å²) >= 11 is 0. The molecule has 0 bridgehead atoms. The number of halogens is 1. The van der Waals surface area contributed by atoms with Crippen molar-refractivity contribution >= 4 is 17.5 Å².